The fraction of sp³-hybridized carbons (Fsp3) is 0.353. The number of carbonyl (C=O) groups excluding carboxylic acids is 1. The van der Waals surface area contributed by atoms with Gasteiger partial charge in [-0.25, -0.2) is 4.79 Å². The summed E-state index contributed by atoms with van der Waals surface area (Å²) in [4.78, 5) is 25.6. The van der Waals surface area contributed by atoms with E-state index in [2.05, 4.69) is 17.1 Å². The number of carboxylic acids is 1. The van der Waals surface area contributed by atoms with Crippen molar-refractivity contribution in [3.05, 3.63) is 52.3 Å². The highest BCUT2D eigenvalue weighted by molar-refractivity contribution is 5.93. The number of aromatic nitrogens is 2. The Morgan fingerprint density at radius 2 is 2.22 bits per heavy atom. The van der Waals surface area contributed by atoms with Crippen LogP contribution in [0, 0.1) is 0 Å². The molecule has 0 radical (unpaired) electrons. The predicted octanol–water partition coefficient (Wildman–Crippen LogP) is 2.26. The van der Waals surface area contributed by atoms with Gasteiger partial charge in [-0.2, -0.15) is 5.10 Å². The number of aromatic carboxylic acids is 1. The highest BCUT2D eigenvalue weighted by Crippen LogP contribution is 2.23. The lowest BCUT2D eigenvalue weighted by Gasteiger charge is -2.29. The number of hydrogen-bond donors (Lipinski definition) is 2. The molecule has 0 saturated heterocycles. The summed E-state index contributed by atoms with van der Waals surface area (Å²) in [6.07, 6.45) is 2.41. The third-order valence-corrected chi connectivity index (χ3v) is 4.15. The van der Waals surface area contributed by atoms with E-state index in [-0.39, 0.29) is 5.91 Å². The molecular formula is C17H19N3O3. The average Bonchev–Trinajstić information content (AvgIpc) is 3.02. The maximum atomic E-state index is 12.6. The van der Waals surface area contributed by atoms with Gasteiger partial charge in [0.2, 0.25) is 0 Å². The lowest BCUT2D eigenvalue weighted by atomic mass is 9.94. The van der Waals surface area contributed by atoms with E-state index in [1.807, 2.05) is 6.07 Å². The zero-order valence-electron chi connectivity index (χ0n) is 13.0. The van der Waals surface area contributed by atoms with Crippen LogP contribution in [0.3, 0.4) is 0 Å². The van der Waals surface area contributed by atoms with Crippen molar-refractivity contribution in [1.29, 1.82) is 0 Å². The summed E-state index contributed by atoms with van der Waals surface area (Å²) < 4.78 is 0. The summed E-state index contributed by atoms with van der Waals surface area (Å²) in [7, 11) is 0. The lowest BCUT2D eigenvalue weighted by Crippen LogP contribution is -2.36. The van der Waals surface area contributed by atoms with Crippen molar-refractivity contribution >= 4 is 11.9 Å². The number of aryl methyl sites for hydroxylation is 1. The Labute approximate surface area is 134 Å². The van der Waals surface area contributed by atoms with Crippen molar-refractivity contribution in [2.45, 2.75) is 32.7 Å². The highest BCUT2D eigenvalue weighted by Gasteiger charge is 2.26. The first-order valence-corrected chi connectivity index (χ1v) is 7.77. The quantitative estimate of drug-likeness (QED) is 0.906. The molecule has 1 aliphatic rings. The molecule has 0 unspecified atom stereocenters. The Morgan fingerprint density at radius 1 is 1.39 bits per heavy atom. The maximum absolute atomic E-state index is 12.6. The Balaban J connectivity index is 1.80. The molecule has 0 bridgehead atoms. The number of rotatable bonds is 4. The molecule has 0 saturated carbocycles. The van der Waals surface area contributed by atoms with Crippen LogP contribution in [0.2, 0.25) is 0 Å². The second kappa shape index (κ2) is 6.24. The summed E-state index contributed by atoms with van der Waals surface area (Å²) in [6, 6.07) is 7.02. The number of aromatic amines is 1. The van der Waals surface area contributed by atoms with Gasteiger partial charge in [0, 0.05) is 18.8 Å². The molecule has 23 heavy (non-hydrogen) atoms. The van der Waals surface area contributed by atoms with E-state index in [0.29, 0.717) is 30.8 Å². The number of carboxylic acid groups (broad SMARTS) is 1. The first kappa shape index (κ1) is 15.3. The smallest absolute Gasteiger partial charge is 0.335 e. The highest BCUT2D eigenvalue weighted by atomic mass is 16.4. The minimum atomic E-state index is -0.918. The molecule has 1 aliphatic heterocycles. The Kier molecular flexibility index (Phi) is 4.14. The second-order valence-corrected chi connectivity index (χ2v) is 5.75. The molecule has 6 heteroatoms. The first-order chi connectivity index (χ1) is 11.1. The molecule has 0 fully saturated rings. The standard InChI is InChI=1S/C17H19N3O3/c1-2-4-12-9-15(19-18-12)16(21)20-8-7-13-11(10-20)5-3-6-14(13)17(22)23/h3,5-6,9H,2,4,7-8,10H2,1H3,(H,18,19)(H,22,23). The van der Waals surface area contributed by atoms with E-state index in [1.165, 1.54) is 0 Å². The predicted molar refractivity (Wildman–Crippen MR) is 84.4 cm³/mol. The summed E-state index contributed by atoms with van der Waals surface area (Å²) >= 11 is 0. The molecule has 2 heterocycles. The van der Waals surface area contributed by atoms with E-state index >= 15 is 0 Å². The average molecular weight is 313 g/mol. The van der Waals surface area contributed by atoms with Crippen LogP contribution in [-0.4, -0.2) is 38.6 Å². The molecule has 3 rings (SSSR count). The van der Waals surface area contributed by atoms with Gasteiger partial charge in [0.05, 0.1) is 5.56 Å². The van der Waals surface area contributed by atoms with Crippen molar-refractivity contribution in [3.8, 4) is 0 Å². The van der Waals surface area contributed by atoms with E-state index < -0.39 is 5.97 Å². The van der Waals surface area contributed by atoms with Crippen LogP contribution in [0.5, 0.6) is 0 Å². The number of amides is 1. The van der Waals surface area contributed by atoms with E-state index in [0.717, 1.165) is 29.7 Å². The van der Waals surface area contributed by atoms with E-state index in [9.17, 15) is 14.7 Å². The van der Waals surface area contributed by atoms with Crippen molar-refractivity contribution in [2.75, 3.05) is 6.54 Å². The van der Waals surface area contributed by atoms with Crippen molar-refractivity contribution in [3.63, 3.8) is 0 Å². The number of carbonyl (C=O) groups is 2. The molecule has 1 aromatic heterocycles. The van der Waals surface area contributed by atoms with Crippen molar-refractivity contribution in [2.24, 2.45) is 0 Å². The fourth-order valence-corrected chi connectivity index (χ4v) is 3.01. The van der Waals surface area contributed by atoms with Crippen molar-refractivity contribution in [1.82, 2.24) is 15.1 Å². The number of H-pyrrole nitrogens is 1. The third kappa shape index (κ3) is 2.97. The SMILES string of the molecule is CCCc1cc(C(=O)N2CCc3c(cccc3C(=O)O)C2)n[nH]1. The van der Waals surface area contributed by atoms with Gasteiger partial charge in [0.15, 0.2) is 0 Å². The van der Waals surface area contributed by atoms with Gasteiger partial charge in [0.25, 0.3) is 5.91 Å². The second-order valence-electron chi connectivity index (χ2n) is 5.75. The maximum Gasteiger partial charge on any atom is 0.335 e. The largest absolute Gasteiger partial charge is 0.478 e. The summed E-state index contributed by atoms with van der Waals surface area (Å²) in [6.45, 7) is 3.00. The lowest BCUT2D eigenvalue weighted by molar-refractivity contribution is 0.0694. The summed E-state index contributed by atoms with van der Waals surface area (Å²) in [5.74, 6) is -1.03. The van der Waals surface area contributed by atoms with Crippen LogP contribution in [0.1, 0.15) is 51.0 Å². The Morgan fingerprint density at radius 3 is 2.96 bits per heavy atom. The van der Waals surface area contributed by atoms with E-state index in [1.54, 1.807) is 23.1 Å². The van der Waals surface area contributed by atoms with Crippen LogP contribution in [0.25, 0.3) is 0 Å². The van der Waals surface area contributed by atoms with Crippen LogP contribution in [0.4, 0.5) is 0 Å². The van der Waals surface area contributed by atoms with Gasteiger partial charge < -0.3 is 10.0 Å². The normalized spacial score (nSPS) is 13.7. The summed E-state index contributed by atoms with van der Waals surface area (Å²) in [5, 5.41) is 16.2. The summed E-state index contributed by atoms with van der Waals surface area (Å²) in [5.41, 5.74) is 3.44. The van der Waals surface area contributed by atoms with Crippen LogP contribution < -0.4 is 0 Å². The van der Waals surface area contributed by atoms with Gasteiger partial charge >= 0.3 is 5.97 Å². The first-order valence-electron chi connectivity index (χ1n) is 7.77. The third-order valence-electron chi connectivity index (χ3n) is 4.15. The minimum Gasteiger partial charge on any atom is -0.478 e. The molecule has 2 N–H and O–H groups in total. The fourth-order valence-electron chi connectivity index (χ4n) is 3.01. The minimum absolute atomic E-state index is 0.116. The van der Waals surface area contributed by atoms with E-state index in [4.69, 9.17) is 0 Å². The Bertz CT molecular complexity index is 751. The topological polar surface area (TPSA) is 86.3 Å². The number of nitrogens with zero attached hydrogens (tertiary/aromatic N) is 2. The number of fused-ring (bicyclic) bond motifs is 1. The van der Waals surface area contributed by atoms with Gasteiger partial charge in [-0.05, 0) is 36.1 Å². The zero-order valence-corrected chi connectivity index (χ0v) is 13.0. The molecule has 0 atom stereocenters. The van der Waals surface area contributed by atoms with Crippen LogP contribution in [0.15, 0.2) is 24.3 Å². The molecule has 0 aliphatic carbocycles. The molecule has 6 nitrogen and oxygen atoms in total. The molecular weight excluding hydrogens is 294 g/mol. The monoisotopic (exact) mass is 313 g/mol. The Hall–Kier alpha value is -2.63. The molecule has 2 aromatic rings. The van der Waals surface area contributed by atoms with Crippen LogP contribution >= 0.6 is 0 Å². The van der Waals surface area contributed by atoms with Crippen LogP contribution in [-0.2, 0) is 19.4 Å². The number of nitrogens with one attached hydrogen (secondary N) is 1. The molecule has 1 aromatic carbocycles. The number of benzene rings is 1. The van der Waals surface area contributed by atoms with Gasteiger partial charge in [-0.3, -0.25) is 9.89 Å². The number of hydrogen-bond acceptors (Lipinski definition) is 3. The van der Waals surface area contributed by atoms with Gasteiger partial charge in [-0.1, -0.05) is 25.5 Å². The van der Waals surface area contributed by atoms with Crippen molar-refractivity contribution < 1.29 is 14.7 Å². The molecule has 120 valence electrons. The van der Waals surface area contributed by atoms with Gasteiger partial charge in [-0.15, -0.1) is 0 Å². The van der Waals surface area contributed by atoms with Gasteiger partial charge in [0.1, 0.15) is 5.69 Å². The zero-order chi connectivity index (χ0) is 16.4. The molecule has 1 amide bonds. The molecule has 0 spiro atoms.